The average Bonchev–Trinajstić information content (AvgIpc) is 2.15. The van der Waals surface area contributed by atoms with Crippen LogP contribution in [-0.4, -0.2) is 37.7 Å². The molecule has 1 amide bonds. The molecule has 17 heavy (non-hydrogen) atoms. The first-order valence-electron chi connectivity index (χ1n) is 6.33. The Morgan fingerprint density at radius 2 is 2.18 bits per heavy atom. The number of carbonyl (C=O) groups excluding carboxylic acids is 1. The molecular formula is C13H26N2O2. The Hall–Kier alpha value is -0.610. The first-order valence-corrected chi connectivity index (χ1v) is 6.33. The van der Waals surface area contributed by atoms with E-state index in [9.17, 15) is 4.79 Å². The van der Waals surface area contributed by atoms with Gasteiger partial charge in [0, 0.05) is 7.11 Å². The van der Waals surface area contributed by atoms with Crippen molar-refractivity contribution < 1.29 is 9.53 Å². The number of piperidine rings is 1. The number of amides is 1. The quantitative estimate of drug-likeness (QED) is 0.781. The van der Waals surface area contributed by atoms with Gasteiger partial charge in [-0.2, -0.15) is 0 Å². The fourth-order valence-electron chi connectivity index (χ4n) is 2.46. The zero-order chi connectivity index (χ0) is 13.1. The van der Waals surface area contributed by atoms with Crippen LogP contribution in [0.3, 0.4) is 0 Å². The first-order chi connectivity index (χ1) is 7.78. The first kappa shape index (κ1) is 14.5. The summed E-state index contributed by atoms with van der Waals surface area (Å²) in [7, 11) is 1.65. The van der Waals surface area contributed by atoms with Crippen LogP contribution in [0.2, 0.25) is 0 Å². The smallest absolute Gasteiger partial charge is 0.238 e. The van der Waals surface area contributed by atoms with Crippen molar-refractivity contribution in [2.75, 3.05) is 20.3 Å². The van der Waals surface area contributed by atoms with E-state index < -0.39 is 0 Å². The van der Waals surface area contributed by atoms with E-state index in [2.05, 4.69) is 24.5 Å². The van der Waals surface area contributed by atoms with E-state index >= 15 is 0 Å². The molecule has 0 aromatic heterocycles. The molecule has 100 valence electrons. The molecule has 0 aromatic rings. The molecule has 0 saturated carbocycles. The maximum absolute atomic E-state index is 12.3. The lowest BCUT2D eigenvalue weighted by Gasteiger charge is -2.40. The Morgan fingerprint density at radius 1 is 1.53 bits per heavy atom. The highest BCUT2D eigenvalue weighted by Gasteiger charge is 2.38. The second-order valence-electron chi connectivity index (χ2n) is 6.29. The van der Waals surface area contributed by atoms with Crippen LogP contribution < -0.4 is 10.6 Å². The van der Waals surface area contributed by atoms with Crippen molar-refractivity contribution in [3.05, 3.63) is 0 Å². The number of nitrogens with one attached hydrogen (secondary N) is 2. The van der Waals surface area contributed by atoms with Gasteiger partial charge >= 0.3 is 0 Å². The van der Waals surface area contributed by atoms with E-state index in [0.29, 0.717) is 6.61 Å². The lowest BCUT2D eigenvalue weighted by Crippen LogP contribution is -2.60. The van der Waals surface area contributed by atoms with Crippen LogP contribution in [0.25, 0.3) is 0 Å². The molecule has 1 saturated heterocycles. The van der Waals surface area contributed by atoms with E-state index in [1.54, 1.807) is 7.11 Å². The molecule has 0 aromatic carbocycles. The second-order valence-corrected chi connectivity index (χ2v) is 6.29. The van der Waals surface area contributed by atoms with Gasteiger partial charge < -0.3 is 15.4 Å². The zero-order valence-corrected chi connectivity index (χ0v) is 11.7. The van der Waals surface area contributed by atoms with Crippen molar-refractivity contribution in [3.63, 3.8) is 0 Å². The highest BCUT2D eigenvalue weighted by Crippen LogP contribution is 2.30. The maximum atomic E-state index is 12.3. The predicted molar refractivity (Wildman–Crippen MR) is 68.9 cm³/mol. The predicted octanol–water partition coefficient (Wildman–Crippen LogP) is 1.31. The molecule has 4 heteroatoms. The van der Waals surface area contributed by atoms with Crippen molar-refractivity contribution in [1.29, 1.82) is 0 Å². The fraction of sp³-hybridized carbons (Fsp3) is 0.923. The Kier molecular flexibility index (Phi) is 4.55. The van der Waals surface area contributed by atoms with Gasteiger partial charge in [-0.25, -0.2) is 0 Å². The van der Waals surface area contributed by atoms with Gasteiger partial charge in [-0.15, -0.1) is 0 Å². The SMILES string of the molecule is COCC(C)(C)NC(=O)C1NCCCC1(C)C. The van der Waals surface area contributed by atoms with Crippen LogP contribution in [0.1, 0.15) is 40.5 Å². The summed E-state index contributed by atoms with van der Waals surface area (Å²) in [6, 6.07) is -0.104. The third-order valence-corrected chi connectivity index (χ3v) is 3.36. The largest absolute Gasteiger partial charge is 0.382 e. The molecule has 0 spiro atoms. The third-order valence-electron chi connectivity index (χ3n) is 3.36. The van der Waals surface area contributed by atoms with Gasteiger partial charge in [-0.05, 0) is 38.6 Å². The lowest BCUT2D eigenvalue weighted by molar-refractivity contribution is -0.129. The Balaban J connectivity index is 2.63. The van der Waals surface area contributed by atoms with Crippen LogP contribution in [-0.2, 0) is 9.53 Å². The summed E-state index contributed by atoms with van der Waals surface area (Å²) >= 11 is 0. The Labute approximate surface area is 104 Å². The molecule has 1 aliphatic rings. The number of hydrogen-bond acceptors (Lipinski definition) is 3. The molecule has 2 N–H and O–H groups in total. The lowest BCUT2D eigenvalue weighted by atomic mass is 9.77. The molecule has 1 heterocycles. The summed E-state index contributed by atoms with van der Waals surface area (Å²) in [6.45, 7) is 9.69. The molecule has 0 aliphatic carbocycles. The number of carbonyl (C=O) groups is 1. The standard InChI is InChI=1S/C13H26N2O2/c1-12(2)7-6-8-14-10(12)11(16)15-13(3,4)9-17-5/h10,14H,6-9H2,1-5H3,(H,15,16). The van der Waals surface area contributed by atoms with Crippen LogP contribution in [0.15, 0.2) is 0 Å². The summed E-state index contributed by atoms with van der Waals surface area (Å²) in [5.41, 5.74) is -0.299. The number of hydrogen-bond donors (Lipinski definition) is 2. The highest BCUT2D eigenvalue weighted by atomic mass is 16.5. The number of ether oxygens (including phenoxy) is 1. The normalized spacial score (nSPS) is 24.4. The van der Waals surface area contributed by atoms with Gasteiger partial charge in [0.05, 0.1) is 18.2 Å². The van der Waals surface area contributed by atoms with E-state index in [0.717, 1.165) is 19.4 Å². The van der Waals surface area contributed by atoms with Crippen molar-refractivity contribution in [3.8, 4) is 0 Å². The minimum Gasteiger partial charge on any atom is -0.382 e. The van der Waals surface area contributed by atoms with Gasteiger partial charge in [0.1, 0.15) is 0 Å². The molecule has 1 unspecified atom stereocenters. The minimum atomic E-state index is -0.318. The molecule has 0 bridgehead atoms. The second kappa shape index (κ2) is 5.36. The Morgan fingerprint density at radius 3 is 2.71 bits per heavy atom. The molecular weight excluding hydrogens is 216 g/mol. The van der Waals surface area contributed by atoms with Crippen molar-refractivity contribution >= 4 is 5.91 Å². The molecule has 1 fully saturated rings. The van der Waals surface area contributed by atoms with Crippen molar-refractivity contribution in [1.82, 2.24) is 10.6 Å². The van der Waals surface area contributed by atoms with Gasteiger partial charge in [0.25, 0.3) is 0 Å². The van der Waals surface area contributed by atoms with Crippen LogP contribution in [0.5, 0.6) is 0 Å². The summed E-state index contributed by atoms with van der Waals surface area (Å²) in [4.78, 5) is 12.3. The summed E-state index contributed by atoms with van der Waals surface area (Å²) in [5, 5.41) is 6.38. The Bertz CT molecular complexity index is 275. The van der Waals surface area contributed by atoms with Crippen molar-refractivity contribution in [2.45, 2.75) is 52.1 Å². The van der Waals surface area contributed by atoms with E-state index in [1.165, 1.54) is 0 Å². The zero-order valence-electron chi connectivity index (χ0n) is 11.7. The van der Waals surface area contributed by atoms with Gasteiger partial charge in [-0.1, -0.05) is 13.8 Å². The molecule has 4 nitrogen and oxygen atoms in total. The topological polar surface area (TPSA) is 50.4 Å². The minimum absolute atomic E-state index is 0.0193. The number of rotatable bonds is 4. The monoisotopic (exact) mass is 242 g/mol. The summed E-state index contributed by atoms with van der Waals surface area (Å²) < 4.78 is 5.11. The maximum Gasteiger partial charge on any atom is 0.238 e. The number of methoxy groups -OCH3 is 1. The van der Waals surface area contributed by atoms with Crippen LogP contribution in [0.4, 0.5) is 0 Å². The van der Waals surface area contributed by atoms with E-state index in [1.807, 2.05) is 13.8 Å². The van der Waals surface area contributed by atoms with Crippen molar-refractivity contribution in [2.24, 2.45) is 5.41 Å². The van der Waals surface area contributed by atoms with Gasteiger partial charge in [0.2, 0.25) is 5.91 Å². The molecule has 1 atom stereocenters. The molecule has 0 radical (unpaired) electrons. The van der Waals surface area contributed by atoms with Gasteiger partial charge in [0.15, 0.2) is 0 Å². The van der Waals surface area contributed by atoms with Gasteiger partial charge in [-0.3, -0.25) is 4.79 Å². The highest BCUT2D eigenvalue weighted by molar-refractivity contribution is 5.83. The van der Waals surface area contributed by atoms with Crippen LogP contribution in [0, 0.1) is 5.41 Å². The third kappa shape index (κ3) is 3.96. The van der Waals surface area contributed by atoms with E-state index in [4.69, 9.17) is 4.74 Å². The average molecular weight is 242 g/mol. The summed E-state index contributed by atoms with van der Waals surface area (Å²) in [5.74, 6) is 0.0803. The fourth-order valence-corrected chi connectivity index (χ4v) is 2.46. The summed E-state index contributed by atoms with van der Waals surface area (Å²) in [6.07, 6.45) is 2.22. The van der Waals surface area contributed by atoms with E-state index in [-0.39, 0.29) is 22.9 Å². The van der Waals surface area contributed by atoms with Crippen LogP contribution >= 0.6 is 0 Å². The molecule has 1 aliphatic heterocycles. The molecule has 1 rings (SSSR count).